The maximum atomic E-state index is 12.3. The number of rotatable bonds is 9. The Balaban J connectivity index is 1.89. The fraction of sp³-hybridized carbons (Fsp3) is 0.526. The van der Waals surface area contributed by atoms with Crippen LogP contribution in [0.25, 0.3) is 0 Å². The lowest BCUT2D eigenvalue weighted by molar-refractivity contribution is -0.145. The van der Waals surface area contributed by atoms with Crippen molar-refractivity contribution < 1.29 is 19.1 Å². The first kappa shape index (κ1) is 21.6. The largest absolute Gasteiger partial charge is 0.467 e. The lowest BCUT2D eigenvalue weighted by atomic mass is 10.1. The summed E-state index contributed by atoms with van der Waals surface area (Å²) < 4.78 is 4.73. The van der Waals surface area contributed by atoms with Gasteiger partial charge in [-0.15, -0.1) is 23.5 Å². The summed E-state index contributed by atoms with van der Waals surface area (Å²) in [5, 5.41) is 2.65. The van der Waals surface area contributed by atoms with E-state index in [9.17, 15) is 14.4 Å². The number of carbonyl (C=O) groups is 3. The lowest BCUT2D eigenvalue weighted by Gasteiger charge is -2.24. The highest BCUT2D eigenvalue weighted by Crippen LogP contribution is 2.39. The van der Waals surface area contributed by atoms with E-state index < -0.39 is 12.0 Å². The molecule has 6 nitrogen and oxygen atoms in total. The molecular formula is C19H26N2O4S2. The van der Waals surface area contributed by atoms with E-state index in [4.69, 9.17) is 4.74 Å². The van der Waals surface area contributed by atoms with E-state index in [0.717, 1.165) is 12.0 Å². The van der Waals surface area contributed by atoms with Gasteiger partial charge in [-0.25, -0.2) is 4.79 Å². The van der Waals surface area contributed by atoms with E-state index in [1.54, 1.807) is 23.5 Å². The standard InChI is InChI=1S/C19H26N2O4S2/c1-13(22)20-16(19(24)25-2)6-4-5-11-21-17(23)12-27-18(21)14-7-9-15(26-3)10-8-14/h7-10,16,18H,4-6,11-12H2,1-3H3,(H,20,22). The molecular weight excluding hydrogens is 384 g/mol. The van der Waals surface area contributed by atoms with Crippen molar-refractivity contribution in [1.29, 1.82) is 0 Å². The number of esters is 1. The zero-order valence-corrected chi connectivity index (χ0v) is 17.5. The number of methoxy groups -OCH3 is 1. The molecule has 2 rings (SSSR count). The molecule has 0 aliphatic carbocycles. The maximum absolute atomic E-state index is 12.3. The summed E-state index contributed by atoms with van der Waals surface area (Å²) in [6.07, 6.45) is 4.01. The number of ether oxygens (including phenoxy) is 1. The summed E-state index contributed by atoms with van der Waals surface area (Å²) in [5.74, 6) is -0.0635. The molecule has 2 amide bonds. The third-order valence-corrected chi connectivity index (χ3v) is 6.37. The van der Waals surface area contributed by atoms with Gasteiger partial charge in [0.15, 0.2) is 0 Å². The van der Waals surface area contributed by atoms with E-state index >= 15 is 0 Å². The molecule has 0 aromatic heterocycles. The quantitative estimate of drug-likeness (QED) is 0.383. The number of hydrogen-bond donors (Lipinski definition) is 1. The Hall–Kier alpha value is -1.67. The van der Waals surface area contributed by atoms with Crippen LogP contribution in [0.1, 0.15) is 37.1 Å². The van der Waals surface area contributed by atoms with Crippen LogP contribution in [-0.4, -0.2) is 54.4 Å². The van der Waals surface area contributed by atoms with Gasteiger partial charge in [0.05, 0.1) is 12.9 Å². The van der Waals surface area contributed by atoms with Crippen LogP contribution in [0.15, 0.2) is 29.2 Å². The first-order chi connectivity index (χ1) is 13.0. The Bertz CT molecular complexity index is 666. The normalized spacial score (nSPS) is 17.7. The van der Waals surface area contributed by atoms with Crippen molar-refractivity contribution in [2.45, 2.75) is 42.5 Å². The SMILES string of the molecule is COC(=O)C(CCCCN1C(=O)CSC1c1ccc(SC)cc1)NC(C)=O. The van der Waals surface area contributed by atoms with Gasteiger partial charge < -0.3 is 15.0 Å². The van der Waals surface area contributed by atoms with Gasteiger partial charge in [-0.2, -0.15) is 0 Å². The zero-order chi connectivity index (χ0) is 19.8. The molecule has 0 bridgehead atoms. The smallest absolute Gasteiger partial charge is 0.328 e. The monoisotopic (exact) mass is 410 g/mol. The van der Waals surface area contributed by atoms with Crippen molar-refractivity contribution in [3.8, 4) is 0 Å². The predicted octanol–water partition coefficient (Wildman–Crippen LogP) is 2.83. The van der Waals surface area contributed by atoms with E-state index in [2.05, 4.69) is 29.6 Å². The highest BCUT2D eigenvalue weighted by Gasteiger charge is 2.32. The molecule has 0 saturated carbocycles. The highest BCUT2D eigenvalue weighted by molar-refractivity contribution is 8.00. The van der Waals surface area contributed by atoms with Crippen molar-refractivity contribution >= 4 is 41.3 Å². The minimum Gasteiger partial charge on any atom is -0.467 e. The summed E-state index contributed by atoms with van der Waals surface area (Å²) in [7, 11) is 1.31. The second kappa shape index (κ2) is 10.6. The lowest BCUT2D eigenvalue weighted by Crippen LogP contribution is -2.40. The molecule has 1 aromatic rings. The van der Waals surface area contributed by atoms with Crippen LogP contribution in [0.3, 0.4) is 0 Å². The van der Waals surface area contributed by atoms with Crippen molar-refractivity contribution in [2.75, 3.05) is 25.7 Å². The number of carbonyl (C=O) groups excluding carboxylic acids is 3. The molecule has 1 aromatic carbocycles. The highest BCUT2D eigenvalue weighted by atomic mass is 32.2. The first-order valence-corrected chi connectivity index (χ1v) is 11.1. The number of nitrogens with one attached hydrogen (secondary N) is 1. The van der Waals surface area contributed by atoms with Gasteiger partial charge in [-0.3, -0.25) is 9.59 Å². The van der Waals surface area contributed by atoms with Crippen molar-refractivity contribution in [2.24, 2.45) is 0 Å². The molecule has 27 heavy (non-hydrogen) atoms. The minimum absolute atomic E-state index is 0.0418. The third-order valence-electron chi connectivity index (χ3n) is 4.37. The molecule has 1 fully saturated rings. The van der Waals surface area contributed by atoms with Crippen LogP contribution in [0.5, 0.6) is 0 Å². The van der Waals surface area contributed by atoms with Crippen molar-refractivity contribution in [3.05, 3.63) is 29.8 Å². The molecule has 1 heterocycles. The van der Waals surface area contributed by atoms with E-state index in [0.29, 0.717) is 25.1 Å². The number of thioether (sulfide) groups is 2. The fourth-order valence-corrected chi connectivity index (χ4v) is 4.63. The molecule has 1 aliphatic heterocycles. The first-order valence-electron chi connectivity index (χ1n) is 8.86. The van der Waals surface area contributed by atoms with Crippen molar-refractivity contribution in [1.82, 2.24) is 10.2 Å². The van der Waals surface area contributed by atoms with Crippen LogP contribution >= 0.6 is 23.5 Å². The Morgan fingerprint density at radius 3 is 2.63 bits per heavy atom. The van der Waals surface area contributed by atoms with Crippen molar-refractivity contribution in [3.63, 3.8) is 0 Å². The molecule has 1 saturated heterocycles. The minimum atomic E-state index is -0.633. The van der Waals surface area contributed by atoms with Crippen LogP contribution in [0, 0.1) is 0 Å². The molecule has 0 spiro atoms. The van der Waals surface area contributed by atoms with E-state index in [1.807, 2.05) is 11.2 Å². The number of unbranched alkanes of at least 4 members (excludes halogenated alkanes) is 1. The number of benzene rings is 1. The van der Waals surface area contributed by atoms with Gasteiger partial charge in [0.2, 0.25) is 11.8 Å². The topological polar surface area (TPSA) is 75.7 Å². The zero-order valence-electron chi connectivity index (χ0n) is 15.9. The predicted molar refractivity (Wildman–Crippen MR) is 109 cm³/mol. The summed E-state index contributed by atoms with van der Waals surface area (Å²) >= 11 is 3.34. The summed E-state index contributed by atoms with van der Waals surface area (Å²) in [4.78, 5) is 38.3. The van der Waals surface area contributed by atoms with Gasteiger partial charge in [-0.1, -0.05) is 12.1 Å². The van der Waals surface area contributed by atoms with Gasteiger partial charge in [0, 0.05) is 18.4 Å². The molecule has 1 aliphatic rings. The number of nitrogens with zero attached hydrogens (tertiary/aromatic N) is 1. The van der Waals surface area contributed by atoms with E-state index in [1.165, 1.54) is 18.9 Å². The average molecular weight is 411 g/mol. The van der Waals surface area contributed by atoms with Gasteiger partial charge in [-0.05, 0) is 43.2 Å². The Morgan fingerprint density at radius 2 is 2.04 bits per heavy atom. The Kier molecular flexibility index (Phi) is 8.50. The molecule has 1 N–H and O–H groups in total. The summed E-state index contributed by atoms with van der Waals surface area (Å²) in [6.45, 7) is 2.01. The van der Waals surface area contributed by atoms with Crippen LogP contribution in [-0.2, 0) is 19.1 Å². The molecule has 0 radical (unpaired) electrons. The average Bonchev–Trinajstić information content (AvgIpc) is 3.03. The third kappa shape index (κ3) is 6.17. The molecule has 8 heteroatoms. The molecule has 2 unspecified atom stereocenters. The maximum Gasteiger partial charge on any atom is 0.328 e. The second-order valence-corrected chi connectivity index (χ2v) is 8.24. The summed E-state index contributed by atoms with van der Waals surface area (Å²) in [5.41, 5.74) is 1.13. The molecule has 2 atom stereocenters. The number of hydrogen-bond acceptors (Lipinski definition) is 6. The van der Waals surface area contributed by atoms with Crippen LogP contribution < -0.4 is 5.32 Å². The molecule has 148 valence electrons. The van der Waals surface area contributed by atoms with Crippen LogP contribution in [0.4, 0.5) is 0 Å². The number of amides is 2. The van der Waals surface area contributed by atoms with Crippen LogP contribution in [0.2, 0.25) is 0 Å². The van der Waals surface area contributed by atoms with Gasteiger partial charge in [0.1, 0.15) is 11.4 Å². The second-order valence-electron chi connectivity index (χ2n) is 6.30. The van der Waals surface area contributed by atoms with Gasteiger partial charge >= 0.3 is 5.97 Å². The Morgan fingerprint density at radius 1 is 1.33 bits per heavy atom. The Labute approximate surface area is 168 Å². The van der Waals surface area contributed by atoms with E-state index in [-0.39, 0.29) is 17.2 Å². The fourth-order valence-electron chi connectivity index (χ4n) is 3.01. The van der Waals surface area contributed by atoms with Gasteiger partial charge in [0.25, 0.3) is 0 Å². The summed E-state index contributed by atoms with van der Waals surface area (Å²) in [6, 6.07) is 7.69.